The van der Waals surface area contributed by atoms with E-state index in [4.69, 9.17) is 0 Å². The monoisotopic (exact) mass is 428 g/mol. The quantitative estimate of drug-likeness (QED) is 0.393. The first-order chi connectivity index (χ1) is 15.2. The first kappa shape index (κ1) is 23.2. The fourth-order valence-electron chi connectivity index (χ4n) is 3.16. The second-order valence-corrected chi connectivity index (χ2v) is 9.20. The van der Waals surface area contributed by atoms with Gasteiger partial charge >= 0.3 is 0 Å². The Morgan fingerprint density at radius 3 is 2.12 bits per heavy atom. The Labute approximate surface area is 191 Å². The minimum absolute atomic E-state index is 0.0376. The number of amides is 1. The molecular weight excluding hydrogens is 396 g/mol. The highest BCUT2D eigenvalue weighted by molar-refractivity contribution is 6.09. The zero-order valence-corrected chi connectivity index (χ0v) is 19.5. The molecule has 5 heteroatoms. The molecule has 0 aliphatic carbocycles. The smallest absolute Gasteiger partial charge is 0.257 e. The SMILES string of the molecule is CC(C)c1ccc(NC(=NCc2ccncc2)NC(=O)c2ccc(C(C)(C)C)cc2)cc1. The van der Waals surface area contributed by atoms with Crippen LogP contribution in [-0.2, 0) is 12.0 Å². The number of guanidine groups is 1. The summed E-state index contributed by atoms with van der Waals surface area (Å²) >= 11 is 0. The second-order valence-electron chi connectivity index (χ2n) is 9.20. The predicted octanol–water partition coefficient (Wildman–Crippen LogP) is 5.90. The van der Waals surface area contributed by atoms with Crippen LogP contribution in [0.5, 0.6) is 0 Å². The van der Waals surface area contributed by atoms with Crippen LogP contribution in [0, 0.1) is 0 Å². The van der Waals surface area contributed by atoms with Crippen LogP contribution in [0.4, 0.5) is 5.69 Å². The lowest BCUT2D eigenvalue weighted by Gasteiger charge is -2.19. The maximum Gasteiger partial charge on any atom is 0.257 e. The molecule has 0 aliphatic rings. The zero-order valence-electron chi connectivity index (χ0n) is 19.5. The molecule has 1 aromatic heterocycles. The van der Waals surface area contributed by atoms with Crippen molar-refractivity contribution in [2.24, 2.45) is 4.99 Å². The number of nitrogens with one attached hydrogen (secondary N) is 2. The van der Waals surface area contributed by atoms with E-state index in [1.165, 1.54) is 11.1 Å². The standard InChI is InChI=1S/C27H32N4O/c1-19(2)21-8-12-24(13-9-21)30-26(29-18-20-14-16-28-17-15-20)31-25(32)22-6-10-23(11-7-22)27(3,4)5/h6-17,19H,18H2,1-5H3,(H2,29,30,31,32). The van der Waals surface area contributed by atoms with Crippen LogP contribution in [0.1, 0.15) is 67.6 Å². The Balaban J connectivity index is 1.79. The molecule has 166 valence electrons. The average Bonchev–Trinajstić information content (AvgIpc) is 2.78. The third kappa shape index (κ3) is 6.51. The summed E-state index contributed by atoms with van der Waals surface area (Å²) in [6, 6.07) is 19.7. The molecule has 0 spiro atoms. The summed E-state index contributed by atoms with van der Waals surface area (Å²) in [5.74, 6) is 0.661. The number of carbonyl (C=O) groups is 1. The van der Waals surface area contributed by atoms with Gasteiger partial charge in [-0.15, -0.1) is 0 Å². The lowest BCUT2D eigenvalue weighted by molar-refractivity contribution is 0.0977. The van der Waals surface area contributed by atoms with E-state index in [2.05, 4.69) is 67.4 Å². The largest absolute Gasteiger partial charge is 0.326 e. The van der Waals surface area contributed by atoms with E-state index in [9.17, 15) is 4.79 Å². The van der Waals surface area contributed by atoms with Gasteiger partial charge in [0.05, 0.1) is 6.54 Å². The molecule has 0 atom stereocenters. The van der Waals surface area contributed by atoms with Crippen molar-refractivity contribution in [2.45, 2.75) is 52.5 Å². The van der Waals surface area contributed by atoms with Gasteiger partial charge in [0.2, 0.25) is 5.96 Å². The lowest BCUT2D eigenvalue weighted by atomic mass is 9.87. The maximum absolute atomic E-state index is 12.9. The highest BCUT2D eigenvalue weighted by Gasteiger charge is 2.15. The van der Waals surface area contributed by atoms with Crippen LogP contribution in [0.25, 0.3) is 0 Å². The van der Waals surface area contributed by atoms with Crippen LogP contribution < -0.4 is 10.6 Å². The van der Waals surface area contributed by atoms with Crippen LogP contribution in [0.3, 0.4) is 0 Å². The molecule has 2 N–H and O–H groups in total. The Kier molecular flexibility index (Phi) is 7.41. The molecule has 3 rings (SSSR count). The zero-order chi connectivity index (χ0) is 23.1. The molecular formula is C27H32N4O. The number of nitrogens with zero attached hydrogens (tertiary/aromatic N) is 2. The first-order valence-corrected chi connectivity index (χ1v) is 10.9. The molecule has 1 amide bonds. The number of aromatic nitrogens is 1. The third-order valence-corrected chi connectivity index (χ3v) is 5.25. The van der Waals surface area contributed by atoms with Gasteiger partial charge in [0.15, 0.2) is 0 Å². The molecule has 3 aromatic rings. The van der Waals surface area contributed by atoms with Gasteiger partial charge in [0.1, 0.15) is 0 Å². The van der Waals surface area contributed by atoms with Crippen molar-refractivity contribution in [1.82, 2.24) is 10.3 Å². The first-order valence-electron chi connectivity index (χ1n) is 10.9. The van der Waals surface area contributed by atoms with Crippen molar-refractivity contribution in [2.75, 3.05) is 5.32 Å². The van der Waals surface area contributed by atoms with E-state index in [1.54, 1.807) is 12.4 Å². The predicted molar refractivity (Wildman–Crippen MR) is 132 cm³/mol. The van der Waals surface area contributed by atoms with Gasteiger partial charge in [-0.3, -0.25) is 15.1 Å². The highest BCUT2D eigenvalue weighted by Crippen LogP contribution is 2.22. The lowest BCUT2D eigenvalue weighted by Crippen LogP contribution is -2.36. The van der Waals surface area contributed by atoms with Crippen molar-refractivity contribution < 1.29 is 4.79 Å². The van der Waals surface area contributed by atoms with Crippen LogP contribution >= 0.6 is 0 Å². The maximum atomic E-state index is 12.9. The molecule has 0 saturated heterocycles. The molecule has 0 aliphatic heterocycles. The van der Waals surface area contributed by atoms with Gasteiger partial charge in [-0.1, -0.05) is 58.9 Å². The Morgan fingerprint density at radius 1 is 0.938 bits per heavy atom. The molecule has 5 nitrogen and oxygen atoms in total. The van der Waals surface area contributed by atoms with E-state index in [-0.39, 0.29) is 11.3 Å². The minimum atomic E-state index is -0.203. The van der Waals surface area contributed by atoms with Crippen molar-refractivity contribution >= 4 is 17.6 Å². The number of aliphatic imine (C=N–C) groups is 1. The Hall–Kier alpha value is -3.47. The molecule has 0 fully saturated rings. The summed E-state index contributed by atoms with van der Waals surface area (Å²) in [7, 11) is 0. The van der Waals surface area contributed by atoms with Gasteiger partial charge in [-0.2, -0.15) is 0 Å². The summed E-state index contributed by atoms with van der Waals surface area (Å²) in [5, 5.41) is 6.19. The van der Waals surface area contributed by atoms with Crippen molar-refractivity contribution in [3.8, 4) is 0 Å². The van der Waals surface area contributed by atoms with Crippen molar-refractivity contribution in [3.63, 3.8) is 0 Å². The summed E-state index contributed by atoms with van der Waals surface area (Å²) < 4.78 is 0. The Morgan fingerprint density at radius 2 is 1.56 bits per heavy atom. The van der Waals surface area contributed by atoms with Gasteiger partial charge < -0.3 is 5.32 Å². The fourth-order valence-corrected chi connectivity index (χ4v) is 3.16. The van der Waals surface area contributed by atoms with Crippen molar-refractivity contribution in [1.29, 1.82) is 0 Å². The molecule has 32 heavy (non-hydrogen) atoms. The number of anilines is 1. The van der Waals surface area contributed by atoms with Gasteiger partial charge in [-0.05, 0) is 64.4 Å². The number of hydrogen-bond acceptors (Lipinski definition) is 3. The third-order valence-electron chi connectivity index (χ3n) is 5.25. The van der Waals surface area contributed by atoms with E-state index in [1.807, 2.05) is 48.5 Å². The van der Waals surface area contributed by atoms with E-state index in [0.717, 1.165) is 11.3 Å². The summed E-state index contributed by atoms with van der Waals surface area (Å²) in [6.45, 7) is 11.2. The molecule has 0 radical (unpaired) electrons. The van der Waals surface area contributed by atoms with Crippen molar-refractivity contribution in [3.05, 3.63) is 95.3 Å². The summed E-state index contributed by atoms with van der Waals surface area (Å²) in [5.41, 5.74) is 4.95. The number of pyridine rings is 1. The number of hydrogen-bond donors (Lipinski definition) is 2. The van der Waals surface area contributed by atoms with Crippen LogP contribution in [0.15, 0.2) is 78.0 Å². The molecule has 2 aromatic carbocycles. The van der Waals surface area contributed by atoms with Gasteiger partial charge in [0.25, 0.3) is 5.91 Å². The Bertz CT molecular complexity index is 1050. The van der Waals surface area contributed by atoms with Gasteiger partial charge in [0, 0.05) is 23.6 Å². The van der Waals surface area contributed by atoms with E-state index >= 15 is 0 Å². The van der Waals surface area contributed by atoms with Gasteiger partial charge in [-0.25, -0.2) is 4.99 Å². The highest BCUT2D eigenvalue weighted by atomic mass is 16.1. The number of rotatable bonds is 5. The topological polar surface area (TPSA) is 66.4 Å². The summed E-state index contributed by atoms with van der Waals surface area (Å²) in [4.78, 5) is 21.6. The minimum Gasteiger partial charge on any atom is -0.326 e. The van der Waals surface area contributed by atoms with E-state index in [0.29, 0.717) is 24.0 Å². The molecule has 1 heterocycles. The second kappa shape index (κ2) is 10.2. The molecule has 0 unspecified atom stereocenters. The normalized spacial score (nSPS) is 12.0. The van der Waals surface area contributed by atoms with Crippen LogP contribution in [-0.4, -0.2) is 16.9 Å². The molecule has 0 saturated carbocycles. The number of carbonyl (C=O) groups excluding carboxylic acids is 1. The average molecular weight is 429 g/mol. The molecule has 0 bridgehead atoms. The fraction of sp³-hybridized carbons (Fsp3) is 0.296. The van der Waals surface area contributed by atoms with Crippen LogP contribution in [0.2, 0.25) is 0 Å². The van der Waals surface area contributed by atoms with E-state index < -0.39 is 0 Å². The number of benzene rings is 2. The summed E-state index contributed by atoms with van der Waals surface area (Å²) in [6.07, 6.45) is 3.47.